The molecule has 168 valence electrons. The van der Waals surface area contributed by atoms with Gasteiger partial charge >= 0.3 is 6.61 Å². The van der Waals surface area contributed by atoms with E-state index >= 15 is 0 Å². The van der Waals surface area contributed by atoms with E-state index < -0.39 is 6.61 Å². The molecule has 0 N–H and O–H groups in total. The smallest absolute Gasteiger partial charge is 0.387 e. The highest BCUT2D eigenvalue weighted by atomic mass is 32.2. The minimum absolute atomic E-state index is 0.00454. The van der Waals surface area contributed by atoms with E-state index in [1.54, 1.807) is 12.4 Å². The van der Waals surface area contributed by atoms with Gasteiger partial charge in [-0.15, -0.1) is 10.2 Å². The zero-order chi connectivity index (χ0) is 23.4. The highest BCUT2D eigenvalue weighted by Gasteiger charge is 2.19. The zero-order valence-corrected chi connectivity index (χ0v) is 18.7. The highest BCUT2D eigenvalue weighted by Crippen LogP contribution is 2.30. The molecule has 9 heteroatoms. The van der Waals surface area contributed by atoms with Crippen LogP contribution in [0.4, 0.5) is 8.78 Å². The number of ether oxygens (including phenoxy) is 1. The van der Waals surface area contributed by atoms with E-state index in [1.165, 1.54) is 36.0 Å². The molecule has 0 saturated heterocycles. The molecule has 33 heavy (non-hydrogen) atoms. The monoisotopic (exact) mass is 466 g/mol. The molecule has 6 nitrogen and oxygen atoms in total. The summed E-state index contributed by atoms with van der Waals surface area (Å²) in [6, 6.07) is 15.5. The van der Waals surface area contributed by atoms with Crippen LogP contribution in [0.25, 0.3) is 17.1 Å². The van der Waals surface area contributed by atoms with E-state index in [0.29, 0.717) is 16.5 Å². The van der Waals surface area contributed by atoms with E-state index in [-0.39, 0.29) is 17.3 Å². The first-order valence-electron chi connectivity index (χ1n) is 10.1. The molecule has 0 aliphatic carbocycles. The Hall–Kier alpha value is -3.59. The molecule has 2 aromatic carbocycles. The molecule has 0 aliphatic heterocycles. The third-order valence-corrected chi connectivity index (χ3v) is 5.81. The van der Waals surface area contributed by atoms with Gasteiger partial charge in [0.25, 0.3) is 0 Å². The number of benzene rings is 2. The topological polar surface area (TPSA) is 69.9 Å². The molecular weight excluding hydrogens is 446 g/mol. The number of halogens is 2. The molecule has 2 aromatic heterocycles. The molecule has 0 bridgehead atoms. The molecule has 0 fully saturated rings. The van der Waals surface area contributed by atoms with Crippen LogP contribution < -0.4 is 4.74 Å². The first-order valence-corrected chi connectivity index (χ1v) is 11.1. The van der Waals surface area contributed by atoms with E-state index in [4.69, 9.17) is 0 Å². The third kappa shape index (κ3) is 5.25. The Bertz CT molecular complexity index is 1260. The van der Waals surface area contributed by atoms with Crippen molar-refractivity contribution in [3.05, 3.63) is 83.7 Å². The number of nitrogens with zero attached hydrogens (tertiary/aromatic N) is 4. The number of rotatable bonds is 8. The molecule has 0 saturated carbocycles. The molecule has 0 unspecified atom stereocenters. The Labute approximate surface area is 193 Å². The van der Waals surface area contributed by atoms with Crippen molar-refractivity contribution in [1.82, 2.24) is 19.7 Å². The Morgan fingerprint density at radius 2 is 1.88 bits per heavy atom. The number of carbonyl (C=O) groups excluding carboxylic acids is 1. The Morgan fingerprint density at radius 1 is 1.09 bits per heavy atom. The number of ketones is 1. The van der Waals surface area contributed by atoms with Crippen molar-refractivity contribution in [2.45, 2.75) is 25.6 Å². The molecule has 4 aromatic rings. The van der Waals surface area contributed by atoms with Gasteiger partial charge in [0, 0.05) is 23.5 Å². The van der Waals surface area contributed by atoms with Crippen LogP contribution in [0, 0.1) is 13.8 Å². The number of thioether (sulfide) groups is 1. The average molecular weight is 467 g/mol. The number of pyridine rings is 1. The van der Waals surface area contributed by atoms with Gasteiger partial charge in [-0.05, 0) is 61.9 Å². The fraction of sp³-hybridized carbons (Fsp3) is 0.167. The maximum absolute atomic E-state index is 12.7. The van der Waals surface area contributed by atoms with Crippen molar-refractivity contribution in [3.63, 3.8) is 0 Å². The number of aryl methyl sites for hydroxylation is 2. The van der Waals surface area contributed by atoms with Gasteiger partial charge in [-0.3, -0.25) is 14.3 Å². The minimum atomic E-state index is -2.91. The Morgan fingerprint density at radius 3 is 2.55 bits per heavy atom. The lowest BCUT2D eigenvalue weighted by Crippen LogP contribution is -2.06. The summed E-state index contributed by atoms with van der Waals surface area (Å²) in [5, 5.41) is 9.27. The lowest BCUT2D eigenvalue weighted by atomic mass is 10.1. The fourth-order valence-corrected chi connectivity index (χ4v) is 4.19. The largest absolute Gasteiger partial charge is 0.435 e. The van der Waals surface area contributed by atoms with Crippen molar-refractivity contribution in [2.24, 2.45) is 0 Å². The zero-order valence-electron chi connectivity index (χ0n) is 17.9. The lowest BCUT2D eigenvalue weighted by molar-refractivity contribution is -0.0498. The average Bonchev–Trinajstić information content (AvgIpc) is 3.22. The molecule has 0 amide bonds. The summed E-state index contributed by atoms with van der Waals surface area (Å²) in [6.45, 7) is 1.13. The van der Waals surface area contributed by atoms with E-state index in [9.17, 15) is 13.6 Å². The van der Waals surface area contributed by atoms with Gasteiger partial charge in [-0.2, -0.15) is 8.78 Å². The van der Waals surface area contributed by atoms with Gasteiger partial charge in [-0.25, -0.2) is 0 Å². The SMILES string of the molecule is Cc1ccc(-n2c(SCC(=O)c3ccc(OC(F)F)cc3)nnc2-c2cccnc2)c(C)c1. The maximum Gasteiger partial charge on any atom is 0.387 e. The van der Waals surface area contributed by atoms with Crippen LogP contribution in [0.15, 0.2) is 72.1 Å². The fourth-order valence-electron chi connectivity index (χ4n) is 3.35. The molecule has 0 spiro atoms. The van der Waals surface area contributed by atoms with Crippen LogP contribution >= 0.6 is 11.8 Å². The van der Waals surface area contributed by atoms with Gasteiger partial charge in [0.05, 0.1) is 11.4 Å². The molecule has 2 heterocycles. The maximum atomic E-state index is 12.7. The van der Waals surface area contributed by atoms with Crippen LogP contribution in [-0.2, 0) is 0 Å². The number of alkyl halides is 2. The summed E-state index contributed by atoms with van der Waals surface area (Å²) in [4.78, 5) is 16.9. The molecule has 0 atom stereocenters. The quantitative estimate of drug-likeness (QED) is 0.251. The van der Waals surface area contributed by atoms with Crippen LogP contribution in [0.1, 0.15) is 21.5 Å². The van der Waals surface area contributed by atoms with Crippen LogP contribution in [-0.4, -0.2) is 37.9 Å². The number of hydrogen-bond acceptors (Lipinski definition) is 6. The third-order valence-electron chi connectivity index (χ3n) is 4.88. The second kappa shape index (κ2) is 9.91. The second-order valence-corrected chi connectivity index (χ2v) is 8.23. The van der Waals surface area contributed by atoms with E-state index in [2.05, 4.69) is 26.0 Å². The highest BCUT2D eigenvalue weighted by molar-refractivity contribution is 7.99. The molecular formula is C24H20F2N4O2S. The summed E-state index contributed by atoms with van der Waals surface area (Å²) in [5.74, 6) is 0.565. The number of hydrogen-bond donors (Lipinski definition) is 0. The van der Waals surface area contributed by atoms with Crippen molar-refractivity contribution in [3.8, 4) is 22.8 Å². The van der Waals surface area contributed by atoms with Crippen LogP contribution in [0.5, 0.6) is 5.75 Å². The standard InChI is InChI=1S/C24H20F2N4O2S/c1-15-5-10-20(16(2)12-15)30-22(18-4-3-11-27-13-18)28-29-24(30)33-14-21(31)17-6-8-19(9-7-17)32-23(25)26/h3-13,23H,14H2,1-2H3. The number of carbonyl (C=O) groups is 1. The predicted molar refractivity (Wildman–Crippen MR) is 122 cm³/mol. The summed E-state index contributed by atoms with van der Waals surface area (Å²) >= 11 is 1.26. The molecule has 4 rings (SSSR count). The van der Waals surface area contributed by atoms with Gasteiger partial charge in [0.1, 0.15) is 5.75 Å². The van der Waals surface area contributed by atoms with Gasteiger partial charge < -0.3 is 4.74 Å². The van der Waals surface area contributed by atoms with Gasteiger partial charge in [-0.1, -0.05) is 29.5 Å². The van der Waals surface area contributed by atoms with E-state index in [0.717, 1.165) is 22.4 Å². The van der Waals surface area contributed by atoms with Crippen molar-refractivity contribution < 1.29 is 18.3 Å². The van der Waals surface area contributed by atoms with E-state index in [1.807, 2.05) is 42.7 Å². The molecule has 0 radical (unpaired) electrons. The second-order valence-electron chi connectivity index (χ2n) is 7.29. The predicted octanol–water partition coefficient (Wildman–Crippen LogP) is 5.52. The normalized spacial score (nSPS) is 11.1. The first kappa shape index (κ1) is 22.6. The van der Waals surface area contributed by atoms with Crippen molar-refractivity contribution in [2.75, 3.05) is 5.75 Å². The Balaban J connectivity index is 1.61. The van der Waals surface area contributed by atoms with Crippen molar-refractivity contribution >= 4 is 17.5 Å². The Kier molecular flexibility index (Phi) is 6.79. The lowest BCUT2D eigenvalue weighted by Gasteiger charge is -2.13. The molecule has 0 aliphatic rings. The summed E-state index contributed by atoms with van der Waals surface area (Å²) in [5.41, 5.74) is 4.29. The van der Waals surface area contributed by atoms with Gasteiger partial charge in [0.15, 0.2) is 16.8 Å². The van der Waals surface area contributed by atoms with Crippen LogP contribution in [0.3, 0.4) is 0 Å². The number of Topliss-reactive ketones (excluding diaryl/α,β-unsaturated/α-hetero) is 1. The summed E-state index contributed by atoms with van der Waals surface area (Å²) in [6.07, 6.45) is 3.40. The van der Waals surface area contributed by atoms with Crippen molar-refractivity contribution in [1.29, 1.82) is 0 Å². The summed E-state index contributed by atoms with van der Waals surface area (Å²) < 4.78 is 30.9. The van der Waals surface area contributed by atoms with Gasteiger partial charge in [0.2, 0.25) is 0 Å². The summed E-state index contributed by atoms with van der Waals surface area (Å²) in [7, 11) is 0. The van der Waals surface area contributed by atoms with Crippen LogP contribution in [0.2, 0.25) is 0 Å². The number of aromatic nitrogens is 4. The first-order chi connectivity index (χ1) is 15.9. The minimum Gasteiger partial charge on any atom is -0.435 e.